The lowest BCUT2D eigenvalue weighted by Crippen LogP contribution is -2.36. The van der Waals surface area contributed by atoms with Gasteiger partial charge in [-0.2, -0.15) is 4.31 Å². The fraction of sp³-hybridized carbons (Fsp3) is 0.476. The van der Waals surface area contributed by atoms with E-state index >= 15 is 0 Å². The molecule has 0 radical (unpaired) electrons. The van der Waals surface area contributed by atoms with Crippen molar-refractivity contribution in [2.75, 3.05) is 19.6 Å². The Labute approximate surface area is 201 Å². The molecule has 3 rings (SSSR count). The van der Waals surface area contributed by atoms with Crippen LogP contribution in [0.3, 0.4) is 0 Å². The first kappa shape index (κ1) is 25.1. The molecule has 2 N–H and O–H groups in total. The van der Waals surface area contributed by atoms with E-state index in [1.807, 2.05) is 25.1 Å². The fourth-order valence-electron chi connectivity index (χ4n) is 3.29. The smallest absolute Gasteiger partial charge is 0.252 e. The number of nitrogens with one attached hydrogen (secondary N) is 2. The van der Waals surface area contributed by atoms with Gasteiger partial charge in [0.2, 0.25) is 0 Å². The maximum absolute atomic E-state index is 12.8. The number of hydrogen-bond donors (Lipinski definition) is 2. The van der Waals surface area contributed by atoms with Crippen LogP contribution in [0.4, 0.5) is 0 Å². The van der Waals surface area contributed by atoms with Gasteiger partial charge in [0.05, 0.1) is 13.1 Å². The van der Waals surface area contributed by atoms with Crippen molar-refractivity contribution in [3.63, 3.8) is 0 Å². The molecule has 2 heterocycles. The van der Waals surface area contributed by atoms with Gasteiger partial charge in [0.25, 0.3) is 10.0 Å². The number of hydrogen-bond acceptors (Lipinski definition) is 4. The molecule has 0 bridgehead atoms. The Morgan fingerprint density at radius 3 is 2.53 bits per heavy atom. The molecule has 0 aliphatic carbocycles. The largest absolute Gasteiger partial charge is 0.357 e. The lowest BCUT2D eigenvalue weighted by Gasteiger charge is -2.25. The Kier molecular flexibility index (Phi) is 10.1. The van der Waals surface area contributed by atoms with Crippen LogP contribution in [0.2, 0.25) is 0 Å². The number of nitrogens with zero attached hydrogens (tertiary/aromatic N) is 2. The Morgan fingerprint density at radius 2 is 1.83 bits per heavy atom. The number of aryl methyl sites for hydroxylation is 1. The van der Waals surface area contributed by atoms with Crippen LogP contribution in [0.15, 0.2) is 45.6 Å². The summed E-state index contributed by atoms with van der Waals surface area (Å²) >= 11 is 1.34. The van der Waals surface area contributed by atoms with Gasteiger partial charge in [-0.25, -0.2) is 13.4 Å². The molecule has 0 saturated carbocycles. The maximum Gasteiger partial charge on any atom is 0.252 e. The van der Waals surface area contributed by atoms with Crippen LogP contribution in [-0.2, 0) is 23.1 Å². The van der Waals surface area contributed by atoms with Gasteiger partial charge in [0.1, 0.15) is 4.21 Å². The summed E-state index contributed by atoms with van der Waals surface area (Å²) in [5.41, 5.74) is 2.41. The van der Waals surface area contributed by atoms with Crippen molar-refractivity contribution >= 4 is 51.3 Å². The molecule has 30 heavy (non-hydrogen) atoms. The third-order valence-electron chi connectivity index (χ3n) is 4.99. The predicted octanol–water partition coefficient (Wildman–Crippen LogP) is 4.10. The van der Waals surface area contributed by atoms with Crippen molar-refractivity contribution < 1.29 is 8.42 Å². The number of benzene rings is 1. The number of guanidine groups is 1. The second-order valence-electron chi connectivity index (χ2n) is 7.16. The van der Waals surface area contributed by atoms with Crippen molar-refractivity contribution in [1.82, 2.24) is 14.9 Å². The van der Waals surface area contributed by atoms with E-state index in [9.17, 15) is 8.42 Å². The molecule has 1 saturated heterocycles. The minimum atomic E-state index is -3.36. The zero-order chi connectivity index (χ0) is 20.7. The van der Waals surface area contributed by atoms with Crippen molar-refractivity contribution in [3.05, 3.63) is 52.4 Å². The highest BCUT2D eigenvalue weighted by Crippen LogP contribution is 2.27. The van der Waals surface area contributed by atoms with Crippen LogP contribution in [0.25, 0.3) is 0 Å². The lowest BCUT2D eigenvalue weighted by atomic mass is 10.1. The molecule has 9 heteroatoms. The van der Waals surface area contributed by atoms with Gasteiger partial charge in [-0.3, -0.25) is 0 Å². The first-order valence-electron chi connectivity index (χ1n) is 10.2. The Hall–Kier alpha value is -1.17. The van der Waals surface area contributed by atoms with Crippen molar-refractivity contribution in [3.8, 4) is 0 Å². The highest BCUT2D eigenvalue weighted by Gasteiger charge is 2.27. The zero-order valence-electron chi connectivity index (χ0n) is 17.6. The molecule has 1 aliphatic rings. The molecule has 0 spiro atoms. The van der Waals surface area contributed by atoms with Crippen LogP contribution < -0.4 is 10.6 Å². The van der Waals surface area contributed by atoms with Gasteiger partial charge in [0.15, 0.2) is 5.96 Å². The molecule has 166 valence electrons. The summed E-state index contributed by atoms with van der Waals surface area (Å²) in [5, 5.41) is 6.56. The van der Waals surface area contributed by atoms with Crippen LogP contribution in [-0.4, -0.2) is 38.3 Å². The number of halogens is 1. The van der Waals surface area contributed by atoms with Gasteiger partial charge in [-0.05, 0) is 49.9 Å². The SMILES string of the molecule is CCNC(=NCc1ccccc1C)NCc1ccc(S(=O)(=O)N2CCCCC2)s1.I. The van der Waals surface area contributed by atoms with Crippen LogP contribution in [0.5, 0.6) is 0 Å². The minimum Gasteiger partial charge on any atom is -0.357 e. The van der Waals surface area contributed by atoms with Crippen LogP contribution in [0.1, 0.15) is 42.2 Å². The Bertz CT molecular complexity index is 938. The van der Waals surface area contributed by atoms with E-state index in [2.05, 4.69) is 34.7 Å². The molecular weight excluding hydrogens is 531 g/mol. The summed E-state index contributed by atoms with van der Waals surface area (Å²) < 4.78 is 27.7. The lowest BCUT2D eigenvalue weighted by molar-refractivity contribution is 0.347. The average molecular weight is 563 g/mol. The maximum atomic E-state index is 12.8. The molecule has 1 aromatic heterocycles. The topological polar surface area (TPSA) is 73.8 Å². The summed E-state index contributed by atoms with van der Waals surface area (Å²) in [5.74, 6) is 0.726. The van der Waals surface area contributed by atoms with E-state index in [0.717, 1.165) is 36.6 Å². The predicted molar refractivity (Wildman–Crippen MR) is 135 cm³/mol. The van der Waals surface area contributed by atoms with Crippen molar-refractivity contribution in [2.24, 2.45) is 4.99 Å². The van der Waals surface area contributed by atoms with Crippen molar-refractivity contribution in [1.29, 1.82) is 0 Å². The number of piperidine rings is 1. The summed E-state index contributed by atoms with van der Waals surface area (Å²) in [6.07, 6.45) is 3.01. The van der Waals surface area contributed by atoms with Gasteiger partial charge < -0.3 is 10.6 Å². The first-order valence-corrected chi connectivity index (χ1v) is 12.4. The highest BCUT2D eigenvalue weighted by atomic mass is 127. The summed E-state index contributed by atoms with van der Waals surface area (Å²) in [6.45, 7) is 7.27. The van der Waals surface area contributed by atoms with Crippen molar-refractivity contribution in [2.45, 2.75) is 50.4 Å². The number of sulfonamides is 1. The normalized spacial score (nSPS) is 15.5. The second-order valence-corrected chi connectivity index (χ2v) is 10.5. The van der Waals surface area contributed by atoms with Gasteiger partial charge >= 0.3 is 0 Å². The van der Waals surface area contributed by atoms with E-state index in [4.69, 9.17) is 0 Å². The van der Waals surface area contributed by atoms with E-state index in [0.29, 0.717) is 30.4 Å². The average Bonchev–Trinajstić information content (AvgIpc) is 3.22. The van der Waals surface area contributed by atoms with E-state index in [1.54, 1.807) is 10.4 Å². The monoisotopic (exact) mass is 562 g/mol. The van der Waals surface area contributed by atoms with Gasteiger partial charge in [-0.1, -0.05) is 30.7 Å². The minimum absolute atomic E-state index is 0. The highest BCUT2D eigenvalue weighted by molar-refractivity contribution is 14.0. The summed E-state index contributed by atoms with van der Waals surface area (Å²) in [7, 11) is -3.36. The quantitative estimate of drug-likeness (QED) is 0.303. The molecule has 2 aromatic rings. The standard InChI is InChI=1S/C21H30N4O2S2.HI/c1-3-22-21(23-15-18-10-6-5-9-17(18)2)24-16-19-11-12-20(28-19)29(26,27)25-13-7-4-8-14-25;/h5-6,9-12H,3-4,7-8,13-16H2,1-2H3,(H2,22,23,24);1H. The third kappa shape index (κ3) is 6.66. The number of aliphatic imine (C=N–C) groups is 1. The molecule has 1 fully saturated rings. The molecule has 0 atom stereocenters. The first-order chi connectivity index (χ1) is 14.0. The Balaban J connectivity index is 0.00000320. The molecule has 6 nitrogen and oxygen atoms in total. The van der Waals surface area contributed by atoms with E-state index in [-0.39, 0.29) is 24.0 Å². The van der Waals surface area contributed by atoms with Gasteiger partial charge in [-0.15, -0.1) is 35.3 Å². The van der Waals surface area contributed by atoms with Gasteiger partial charge in [0, 0.05) is 24.5 Å². The second kappa shape index (κ2) is 12.0. The van der Waals surface area contributed by atoms with Crippen LogP contribution in [0, 0.1) is 6.92 Å². The molecule has 1 aromatic carbocycles. The number of rotatable bonds is 7. The molecule has 0 amide bonds. The zero-order valence-corrected chi connectivity index (χ0v) is 21.5. The molecule has 1 aliphatic heterocycles. The van der Waals surface area contributed by atoms with E-state index in [1.165, 1.54) is 22.5 Å². The third-order valence-corrected chi connectivity index (χ3v) is 8.44. The molecule has 0 unspecified atom stereocenters. The summed E-state index contributed by atoms with van der Waals surface area (Å²) in [6, 6.07) is 11.8. The Morgan fingerprint density at radius 1 is 1.10 bits per heavy atom. The summed E-state index contributed by atoms with van der Waals surface area (Å²) in [4.78, 5) is 5.64. The number of thiophene rings is 1. The molecular formula is C21H31IN4O2S2. The van der Waals surface area contributed by atoms with Crippen LogP contribution >= 0.6 is 35.3 Å². The van der Waals surface area contributed by atoms with E-state index < -0.39 is 10.0 Å². The fourth-order valence-corrected chi connectivity index (χ4v) is 6.26.